The van der Waals surface area contributed by atoms with Gasteiger partial charge in [-0.15, -0.1) is 0 Å². The molecule has 0 unspecified atom stereocenters. The van der Waals surface area contributed by atoms with E-state index in [-0.39, 0.29) is 12.0 Å². The lowest BCUT2D eigenvalue weighted by Crippen LogP contribution is -2.17. The van der Waals surface area contributed by atoms with Crippen LogP contribution in [0.4, 0.5) is 13.2 Å². The zero-order chi connectivity index (χ0) is 11.6. The van der Waals surface area contributed by atoms with E-state index in [0.717, 1.165) is 12.1 Å². The monoisotopic (exact) mass is 217 g/mol. The van der Waals surface area contributed by atoms with E-state index in [4.69, 9.17) is 5.73 Å². The zero-order valence-electron chi connectivity index (χ0n) is 8.68. The van der Waals surface area contributed by atoms with Crippen molar-refractivity contribution in [2.45, 2.75) is 26.3 Å². The third-order valence-electron chi connectivity index (χ3n) is 2.36. The van der Waals surface area contributed by atoms with E-state index in [1.165, 1.54) is 6.07 Å². The first-order valence-electron chi connectivity index (χ1n) is 4.76. The van der Waals surface area contributed by atoms with Crippen molar-refractivity contribution in [3.63, 3.8) is 0 Å². The predicted octanol–water partition coefficient (Wildman–Crippen LogP) is 3.42. The Balaban J connectivity index is 3.07. The predicted molar refractivity (Wildman–Crippen MR) is 53.1 cm³/mol. The smallest absolute Gasteiger partial charge is 0.266 e. The molecule has 0 saturated carbocycles. The fourth-order valence-electron chi connectivity index (χ4n) is 1.32. The number of alkyl halides is 2. The van der Waals surface area contributed by atoms with Crippen LogP contribution in [0.25, 0.3) is 0 Å². The lowest BCUT2D eigenvalue weighted by atomic mass is 9.95. The maximum Gasteiger partial charge on any atom is 0.266 e. The molecule has 1 rings (SSSR count). The Morgan fingerprint density at radius 2 is 1.80 bits per heavy atom. The van der Waals surface area contributed by atoms with Gasteiger partial charge in [0.2, 0.25) is 0 Å². The maximum absolute atomic E-state index is 13.0. The van der Waals surface area contributed by atoms with E-state index < -0.39 is 17.8 Å². The van der Waals surface area contributed by atoms with Gasteiger partial charge in [-0.05, 0) is 23.6 Å². The van der Waals surface area contributed by atoms with Crippen LogP contribution in [0.2, 0.25) is 0 Å². The average Bonchev–Trinajstić information content (AvgIpc) is 2.16. The summed E-state index contributed by atoms with van der Waals surface area (Å²) in [6, 6.07) is 3.29. The summed E-state index contributed by atoms with van der Waals surface area (Å²) in [5, 5.41) is 0. The number of halogens is 3. The van der Waals surface area contributed by atoms with Crippen LogP contribution in [-0.4, -0.2) is 0 Å². The second-order valence-corrected chi connectivity index (χ2v) is 3.85. The molecule has 0 saturated heterocycles. The second kappa shape index (κ2) is 4.66. The highest BCUT2D eigenvalue weighted by Gasteiger charge is 2.17. The molecular formula is C11H14F3N. The van der Waals surface area contributed by atoms with Crippen molar-refractivity contribution in [2.75, 3.05) is 0 Å². The summed E-state index contributed by atoms with van der Waals surface area (Å²) in [7, 11) is 0. The fourth-order valence-corrected chi connectivity index (χ4v) is 1.32. The molecule has 0 aliphatic rings. The van der Waals surface area contributed by atoms with Gasteiger partial charge < -0.3 is 5.73 Å². The van der Waals surface area contributed by atoms with Gasteiger partial charge in [0.25, 0.3) is 6.43 Å². The summed E-state index contributed by atoms with van der Waals surface area (Å²) in [6.07, 6.45) is -2.80. The van der Waals surface area contributed by atoms with Crippen LogP contribution in [0, 0.1) is 11.7 Å². The highest BCUT2D eigenvalue weighted by molar-refractivity contribution is 5.28. The topological polar surface area (TPSA) is 26.0 Å². The van der Waals surface area contributed by atoms with E-state index in [1.807, 2.05) is 13.8 Å². The lowest BCUT2D eigenvalue weighted by molar-refractivity contribution is 0.146. The van der Waals surface area contributed by atoms with Gasteiger partial charge in [-0.3, -0.25) is 0 Å². The molecule has 0 radical (unpaired) electrons. The van der Waals surface area contributed by atoms with E-state index in [9.17, 15) is 13.2 Å². The number of hydrogen-bond donors (Lipinski definition) is 1. The molecular weight excluding hydrogens is 203 g/mol. The van der Waals surface area contributed by atoms with Gasteiger partial charge >= 0.3 is 0 Å². The van der Waals surface area contributed by atoms with Gasteiger partial charge in [0.15, 0.2) is 0 Å². The Hall–Kier alpha value is -1.03. The molecule has 0 aliphatic heterocycles. The first-order chi connectivity index (χ1) is 6.93. The van der Waals surface area contributed by atoms with Crippen LogP contribution in [0.15, 0.2) is 18.2 Å². The standard InChI is InChI=1S/C11H14F3N/c1-6(2)10(15)7-3-4-9(12)8(5-7)11(13)14/h3-6,10-11H,15H2,1-2H3/t10-/m1/s1. The summed E-state index contributed by atoms with van der Waals surface area (Å²) in [6.45, 7) is 3.77. The fraction of sp³-hybridized carbons (Fsp3) is 0.455. The van der Waals surface area contributed by atoms with Crippen LogP contribution >= 0.6 is 0 Å². The first-order valence-corrected chi connectivity index (χ1v) is 4.76. The first kappa shape index (κ1) is 12.0. The molecule has 15 heavy (non-hydrogen) atoms. The molecule has 4 heteroatoms. The van der Waals surface area contributed by atoms with Crippen LogP contribution in [0.1, 0.15) is 37.4 Å². The van der Waals surface area contributed by atoms with Gasteiger partial charge in [0.05, 0.1) is 5.56 Å². The van der Waals surface area contributed by atoms with Gasteiger partial charge in [0, 0.05) is 6.04 Å². The van der Waals surface area contributed by atoms with Crippen LogP contribution in [0.5, 0.6) is 0 Å². The quantitative estimate of drug-likeness (QED) is 0.824. The summed E-state index contributed by atoms with van der Waals surface area (Å²) >= 11 is 0. The van der Waals surface area contributed by atoms with Crippen molar-refractivity contribution in [1.82, 2.24) is 0 Å². The molecule has 1 nitrogen and oxygen atoms in total. The summed E-state index contributed by atoms with van der Waals surface area (Å²) < 4.78 is 37.7. The SMILES string of the molecule is CC(C)[C@@H](N)c1ccc(F)c(C(F)F)c1. The Bertz CT molecular complexity index is 337. The van der Waals surface area contributed by atoms with Gasteiger partial charge in [-0.1, -0.05) is 19.9 Å². The van der Waals surface area contributed by atoms with Crippen molar-refractivity contribution >= 4 is 0 Å². The third-order valence-corrected chi connectivity index (χ3v) is 2.36. The van der Waals surface area contributed by atoms with Crippen molar-refractivity contribution in [2.24, 2.45) is 11.7 Å². The molecule has 0 heterocycles. The van der Waals surface area contributed by atoms with Crippen molar-refractivity contribution < 1.29 is 13.2 Å². The Morgan fingerprint density at radius 3 is 2.27 bits per heavy atom. The Kier molecular flexibility index (Phi) is 3.74. The number of rotatable bonds is 3. The molecule has 0 amide bonds. The Labute approximate surface area is 87.1 Å². The number of hydrogen-bond acceptors (Lipinski definition) is 1. The largest absolute Gasteiger partial charge is 0.324 e. The molecule has 0 fully saturated rings. The highest BCUT2D eigenvalue weighted by Crippen LogP contribution is 2.27. The zero-order valence-corrected chi connectivity index (χ0v) is 8.68. The minimum absolute atomic E-state index is 0.126. The maximum atomic E-state index is 13.0. The summed E-state index contributed by atoms with van der Waals surface area (Å²) in [5.41, 5.74) is 5.75. The Morgan fingerprint density at radius 1 is 1.20 bits per heavy atom. The third kappa shape index (κ3) is 2.72. The average molecular weight is 217 g/mol. The number of nitrogens with two attached hydrogens (primary N) is 1. The molecule has 0 spiro atoms. The molecule has 2 N–H and O–H groups in total. The molecule has 1 aromatic rings. The van der Waals surface area contributed by atoms with E-state index in [2.05, 4.69) is 0 Å². The summed E-state index contributed by atoms with van der Waals surface area (Å²) in [4.78, 5) is 0. The van der Waals surface area contributed by atoms with Crippen LogP contribution in [-0.2, 0) is 0 Å². The van der Waals surface area contributed by atoms with Crippen molar-refractivity contribution in [3.8, 4) is 0 Å². The van der Waals surface area contributed by atoms with Crippen LogP contribution in [0.3, 0.4) is 0 Å². The van der Waals surface area contributed by atoms with Crippen molar-refractivity contribution in [3.05, 3.63) is 35.1 Å². The van der Waals surface area contributed by atoms with E-state index in [0.29, 0.717) is 5.56 Å². The van der Waals surface area contributed by atoms with Crippen LogP contribution < -0.4 is 5.73 Å². The minimum atomic E-state index is -2.80. The molecule has 0 bridgehead atoms. The molecule has 1 atom stereocenters. The molecule has 84 valence electrons. The van der Waals surface area contributed by atoms with Gasteiger partial charge in [-0.25, -0.2) is 13.2 Å². The van der Waals surface area contributed by atoms with Gasteiger partial charge in [0.1, 0.15) is 5.82 Å². The second-order valence-electron chi connectivity index (χ2n) is 3.85. The van der Waals surface area contributed by atoms with E-state index >= 15 is 0 Å². The lowest BCUT2D eigenvalue weighted by Gasteiger charge is -2.17. The summed E-state index contributed by atoms with van der Waals surface area (Å²) in [5.74, 6) is -0.759. The normalized spacial score (nSPS) is 13.6. The highest BCUT2D eigenvalue weighted by atomic mass is 19.3. The molecule has 0 aliphatic carbocycles. The molecule has 1 aromatic carbocycles. The number of benzene rings is 1. The molecule has 0 aromatic heterocycles. The minimum Gasteiger partial charge on any atom is -0.324 e. The van der Waals surface area contributed by atoms with E-state index in [1.54, 1.807) is 0 Å². The van der Waals surface area contributed by atoms with Crippen molar-refractivity contribution in [1.29, 1.82) is 0 Å². The van der Waals surface area contributed by atoms with Gasteiger partial charge in [-0.2, -0.15) is 0 Å².